The number of rotatable bonds is 4. The normalized spacial score (nSPS) is 11.9. The van der Waals surface area contributed by atoms with E-state index in [2.05, 4.69) is 16.6 Å². The maximum absolute atomic E-state index is 4.42. The second-order valence-corrected chi connectivity index (χ2v) is 3.79. The van der Waals surface area contributed by atoms with Crippen molar-refractivity contribution in [1.82, 2.24) is 0 Å². The van der Waals surface area contributed by atoms with E-state index in [4.69, 9.17) is 0 Å². The molecule has 0 N–H and O–H groups in total. The minimum Gasteiger partial charge on any atom is -0.256 e. The summed E-state index contributed by atoms with van der Waals surface area (Å²) in [5.74, 6) is 0. The molecule has 0 aliphatic heterocycles. The number of hydrogen-bond donors (Lipinski definition) is 0. The molecule has 0 bridgehead atoms. The van der Waals surface area contributed by atoms with E-state index in [0.717, 1.165) is 16.8 Å². The second kappa shape index (κ2) is 6.59. The number of allylic oxidation sites excluding steroid dienone is 3. The molecule has 88 valence electrons. The van der Waals surface area contributed by atoms with Crippen LogP contribution in [0, 0.1) is 13.8 Å². The van der Waals surface area contributed by atoms with Crippen LogP contribution in [-0.2, 0) is 0 Å². The molecule has 0 fully saturated rings. The molecule has 0 unspecified atom stereocenters. The summed E-state index contributed by atoms with van der Waals surface area (Å²) in [6.07, 6.45) is 7.17. The van der Waals surface area contributed by atoms with Gasteiger partial charge in [-0.3, -0.25) is 9.98 Å². The zero-order chi connectivity index (χ0) is 12.7. The van der Waals surface area contributed by atoms with Crippen LogP contribution >= 0.6 is 0 Å². The molecular weight excluding hydrogens is 208 g/mol. The SMILES string of the molecule is C=C(/C=N/c1c(C)cccc1C)/N=C\C=C/C. The van der Waals surface area contributed by atoms with Crippen LogP contribution in [0.5, 0.6) is 0 Å². The monoisotopic (exact) mass is 226 g/mol. The van der Waals surface area contributed by atoms with Crippen molar-refractivity contribution < 1.29 is 0 Å². The molecule has 1 aromatic carbocycles. The summed E-state index contributed by atoms with van der Waals surface area (Å²) in [4.78, 5) is 8.55. The van der Waals surface area contributed by atoms with Gasteiger partial charge >= 0.3 is 0 Å². The third-order valence-corrected chi connectivity index (χ3v) is 2.30. The summed E-state index contributed by atoms with van der Waals surface area (Å²) in [6, 6.07) is 6.12. The molecule has 17 heavy (non-hydrogen) atoms. The van der Waals surface area contributed by atoms with Crippen molar-refractivity contribution in [3.63, 3.8) is 0 Å². The molecule has 0 heterocycles. The second-order valence-electron chi connectivity index (χ2n) is 3.79. The third-order valence-electron chi connectivity index (χ3n) is 2.30. The average Bonchev–Trinajstić information content (AvgIpc) is 2.29. The van der Waals surface area contributed by atoms with Gasteiger partial charge in [0, 0.05) is 6.21 Å². The molecule has 2 nitrogen and oxygen atoms in total. The lowest BCUT2D eigenvalue weighted by atomic mass is 10.1. The van der Waals surface area contributed by atoms with Crippen molar-refractivity contribution in [2.45, 2.75) is 20.8 Å². The fourth-order valence-corrected chi connectivity index (χ4v) is 1.41. The van der Waals surface area contributed by atoms with Crippen molar-refractivity contribution in [3.05, 3.63) is 53.8 Å². The number of hydrogen-bond acceptors (Lipinski definition) is 2. The van der Waals surface area contributed by atoms with Crippen LogP contribution in [0.4, 0.5) is 5.69 Å². The summed E-state index contributed by atoms with van der Waals surface area (Å²) >= 11 is 0. The first-order valence-corrected chi connectivity index (χ1v) is 5.59. The summed E-state index contributed by atoms with van der Waals surface area (Å²) in [7, 11) is 0. The van der Waals surface area contributed by atoms with Gasteiger partial charge in [-0.25, -0.2) is 0 Å². The molecule has 0 aliphatic carbocycles. The average molecular weight is 226 g/mol. The fraction of sp³-hybridized carbons (Fsp3) is 0.200. The maximum atomic E-state index is 4.42. The lowest BCUT2D eigenvalue weighted by Crippen LogP contribution is -1.82. The molecule has 0 saturated carbocycles. The Morgan fingerprint density at radius 1 is 1.24 bits per heavy atom. The van der Waals surface area contributed by atoms with Gasteiger partial charge in [0.1, 0.15) is 0 Å². The first-order valence-electron chi connectivity index (χ1n) is 5.59. The largest absolute Gasteiger partial charge is 0.256 e. The Balaban J connectivity index is 2.81. The Morgan fingerprint density at radius 2 is 1.88 bits per heavy atom. The molecule has 2 heteroatoms. The Morgan fingerprint density at radius 3 is 2.47 bits per heavy atom. The minimum atomic E-state index is 0.644. The number of aliphatic imine (C=N–C) groups is 2. The van der Waals surface area contributed by atoms with Gasteiger partial charge in [-0.2, -0.15) is 0 Å². The Bertz CT molecular complexity index is 459. The summed E-state index contributed by atoms with van der Waals surface area (Å²) < 4.78 is 0. The van der Waals surface area contributed by atoms with Crippen LogP contribution < -0.4 is 0 Å². The smallest absolute Gasteiger partial charge is 0.0740 e. The summed E-state index contributed by atoms with van der Waals surface area (Å²) in [5.41, 5.74) is 3.96. The molecule has 0 amide bonds. The van der Waals surface area contributed by atoms with Gasteiger partial charge in [0.25, 0.3) is 0 Å². The fourth-order valence-electron chi connectivity index (χ4n) is 1.41. The van der Waals surface area contributed by atoms with Crippen LogP contribution in [0.15, 0.2) is 52.6 Å². The van der Waals surface area contributed by atoms with Gasteiger partial charge in [-0.15, -0.1) is 0 Å². The first-order chi connectivity index (χ1) is 8.15. The molecule has 1 rings (SSSR count). The van der Waals surface area contributed by atoms with Crippen LogP contribution in [0.2, 0.25) is 0 Å². The number of para-hydroxylation sites is 1. The third kappa shape index (κ3) is 4.19. The highest BCUT2D eigenvalue weighted by Crippen LogP contribution is 2.22. The van der Waals surface area contributed by atoms with E-state index in [1.54, 1.807) is 12.4 Å². The predicted molar refractivity (Wildman–Crippen MR) is 76.5 cm³/mol. The van der Waals surface area contributed by atoms with E-state index < -0.39 is 0 Å². The van der Waals surface area contributed by atoms with Gasteiger partial charge in [-0.1, -0.05) is 30.9 Å². The highest BCUT2D eigenvalue weighted by molar-refractivity contribution is 5.84. The first kappa shape index (κ1) is 13.1. The minimum absolute atomic E-state index is 0.644. The number of nitrogens with zero attached hydrogens (tertiary/aromatic N) is 2. The van der Waals surface area contributed by atoms with Gasteiger partial charge in [0.2, 0.25) is 0 Å². The highest BCUT2D eigenvalue weighted by atomic mass is 14.8. The molecule has 0 aromatic heterocycles. The Kier molecular flexibility index (Phi) is 5.08. The van der Waals surface area contributed by atoms with Crippen LogP contribution in [-0.4, -0.2) is 12.4 Å². The van der Waals surface area contributed by atoms with E-state index in [1.807, 2.05) is 51.1 Å². The molecule has 0 radical (unpaired) electrons. The molecule has 0 aliphatic rings. The zero-order valence-electron chi connectivity index (χ0n) is 10.6. The predicted octanol–water partition coefficient (Wildman–Crippen LogP) is 4.17. The van der Waals surface area contributed by atoms with E-state index in [-0.39, 0.29) is 0 Å². The zero-order valence-corrected chi connectivity index (χ0v) is 10.6. The van der Waals surface area contributed by atoms with Gasteiger partial charge in [-0.05, 0) is 38.0 Å². The van der Waals surface area contributed by atoms with Crippen molar-refractivity contribution in [2.75, 3.05) is 0 Å². The van der Waals surface area contributed by atoms with E-state index in [0.29, 0.717) is 5.70 Å². The topological polar surface area (TPSA) is 24.7 Å². The summed E-state index contributed by atoms with van der Waals surface area (Å²) in [6.45, 7) is 9.86. The van der Waals surface area contributed by atoms with E-state index >= 15 is 0 Å². The standard InChI is InChI=1S/C15H18N2/c1-5-6-10-16-14(4)11-17-15-12(2)8-7-9-13(15)3/h5-11H,4H2,1-3H3/b6-5-,16-10-,17-11+. The van der Waals surface area contributed by atoms with E-state index in [1.165, 1.54) is 0 Å². The quantitative estimate of drug-likeness (QED) is 0.688. The van der Waals surface area contributed by atoms with Crippen molar-refractivity contribution in [2.24, 2.45) is 9.98 Å². The van der Waals surface area contributed by atoms with Crippen molar-refractivity contribution in [3.8, 4) is 0 Å². The lowest BCUT2D eigenvalue weighted by Gasteiger charge is -2.02. The van der Waals surface area contributed by atoms with E-state index in [9.17, 15) is 0 Å². The van der Waals surface area contributed by atoms with Crippen molar-refractivity contribution >= 4 is 18.1 Å². The summed E-state index contributed by atoms with van der Waals surface area (Å²) in [5, 5.41) is 0. The Hall–Kier alpha value is -1.96. The molecule has 1 aromatic rings. The van der Waals surface area contributed by atoms with Crippen molar-refractivity contribution in [1.29, 1.82) is 0 Å². The van der Waals surface area contributed by atoms with Gasteiger partial charge in [0.15, 0.2) is 0 Å². The van der Waals surface area contributed by atoms with Gasteiger partial charge < -0.3 is 0 Å². The molecule has 0 saturated heterocycles. The van der Waals surface area contributed by atoms with Crippen LogP contribution in [0.25, 0.3) is 0 Å². The molecule has 0 atom stereocenters. The van der Waals surface area contributed by atoms with Crippen LogP contribution in [0.3, 0.4) is 0 Å². The lowest BCUT2D eigenvalue weighted by molar-refractivity contribution is 1.33. The highest BCUT2D eigenvalue weighted by Gasteiger charge is 1.98. The van der Waals surface area contributed by atoms with Crippen LogP contribution in [0.1, 0.15) is 18.1 Å². The van der Waals surface area contributed by atoms with Gasteiger partial charge in [0.05, 0.1) is 17.6 Å². The number of benzene rings is 1. The molecular formula is C15H18N2. The molecule has 0 spiro atoms. The Labute approximate surface area is 103 Å². The number of aryl methyl sites for hydroxylation is 2. The maximum Gasteiger partial charge on any atom is 0.0740 e.